The lowest BCUT2D eigenvalue weighted by Gasteiger charge is -2.32. The van der Waals surface area contributed by atoms with Crippen LogP contribution in [0.3, 0.4) is 0 Å². The lowest BCUT2D eigenvalue weighted by atomic mass is 9.88. The molecule has 7 nitrogen and oxygen atoms in total. The highest BCUT2D eigenvalue weighted by Gasteiger charge is 2.82. The van der Waals surface area contributed by atoms with Gasteiger partial charge in [-0.05, 0) is 42.9 Å². The van der Waals surface area contributed by atoms with Crippen LogP contribution in [0, 0.1) is 15.5 Å². The van der Waals surface area contributed by atoms with Crippen LogP contribution in [0.4, 0.5) is 20.3 Å². The summed E-state index contributed by atoms with van der Waals surface area (Å²) in [5.74, 6) is -5.51. The maximum Gasteiger partial charge on any atom is 0.316 e. The second-order valence-electron chi connectivity index (χ2n) is 8.09. The van der Waals surface area contributed by atoms with Crippen molar-refractivity contribution in [2.45, 2.75) is 37.5 Å². The van der Waals surface area contributed by atoms with Gasteiger partial charge in [0.15, 0.2) is 0 Å². The largest absolute Gasteiger partial charge is 0.481 e. The molecule has 2 heterocycles. The third kappa shape index (κ3) is 3.00. The minimum absolute atomic E-state index is 0.0212. The summed E-state index contributed by atoms with van der Waals surface area (Å²) in [6, 6.07) is 9.74. The van der Waals surface area contributed by atoms with Crippen LogP contribution >= 0.6 is 0 Å². The van der Waals surface area contributed by atoms with Crippen molar-refractivity contribution < 1.29 is 23.6 Å². The number of rotatable bonds is 5. The number of nitro groups is 1. The fourth-order valence-corrected chi connectivity index (χ4v) is 4.50. The van der Waals surface area contributed by atoms with Gasteiger partial charge in [-0.1, -0.05) is 24.3 Å². The lowest BCUT2D eigenvalue weighted by molar-refractivity contribution is -0.384. The van der Waals surface area contributed by atoms with Gasteiger partial charge in [0.05, 0.1) is 10.8 Å². The smallest absolute Gasteiger partial charge is 0.316 e. The monoisotopic (exact) mass is 417 g/mol. The van der Waals surface area contributed by atoms with Crippen molar-refractivity contribution in [2.24, 2.45) is 5.41 Å². The molecular formula is C21H21F2N3O4. The van der Waals surface area contributed by atoms with Crippen LogP contribution in [-0.4, -0.2) is 40.0 Å². The number of aromatic nitrogens is 1. The Hall–Kier alpha value is -3.10. The fraction of sp³-hybridized carbons (Fsp3) is 0.429. The second kappa shape index (κ2) is 7.00. The summed E-state index contributed by atoms with van der Waals surface area (Å²) in [5.41, 5.74) is -0.755. The Bertz CT molecular complexity index is 990. The van der Waals surface area contributed by atoms with E-state index < -0.39 is 28.1 Å². The fourth-order valence-electron chi connectivity index (χ4n) is 4.50. The molecule has 1 N–H and O–H groups in total. The lowest BCUT2D eigenvalue weighted by Crippen LogP contribution is -2.33. The Morgan fingerprint density at radius 3 is 2.33 bits per heavy atom. The molecule has 1 aromatic heterocycles. The number of anilines is 1. The van der Waals surface area contributed by atoms with Gasteiger partial charge in [0.1, 0.15) is 5.41 Å². The van der Waals surface area contributed by atoms with Gasteiger partial charge in [-0.3, -0.25) is 14.9 Å². The van der Waals surface area contributed by atoms with Crippen LogP contribution in [0.1, 0.15) is 42.7 Å². The van der Waals surface area contributed by atoms with Gasteiger partial charge in [0.25, 0.3) is 5.92 Å². The summed E-state index contributed by atoms with van der Waals surface area (Å²) in [7, 11) is 0. The molecule has 0 bridgehead atoms. The predicted molar refractivity (Wildman–Crippen MR) is 105 cm³/mol. The topological polar surface area (TPSA) is 96.6 Å². The number of hydrogen-bond donors (Lipinski definition) is 1. The highest BCUT2D eigenvalue weighted by Crippen LogP contribution is 2.71. The quantitative estimate of drug-likeness (QED) is 0.579. The molecule has 158 valence electrons. The number of pyridine rings is 1. The summed E-state index contributed by atoms with van der Waals surface area (Å²) < 4.78 is 28.2. The number of benzene rings is 1. The molecule has 30 heavy (non-hydrogen) atoms. The number of carboxylic acid groups (broad SMARTS) is 1. The molecule has 0 amide bonds. The Labute approximate surface area is 171 Å². The molecule has 4 rings (SSSR count). The number of alkyl halides is 2. The number of hydrogen-bond acceptors (Lipinski definition) is 5. The maximum absolute atomic E-state index is 14.1. The first-order valence-corrected chi connectivity index (χ1v) is 9.73. The van der Waals surface area contributed by atoms with E-state index in [1.165, 1.54) is 18.3 Å². The summed E-state index contributed by atoms with van der Waals surface area (Å²) >= 11 is 0. The average molecular weight is 417 g/mol. The first-order chi connectivity index (χ1) is 14.2. The highest BCUT2D eigenvalue weighted by molar-refractivity contribution is 5.83. The van der Waals surface area contributed by atoms with E-state index in [0.29, 0.717) is 24.5 Å². The Kier molecular flexibility index (Phi) is 4.71. The zero-order valence-electron chi connectivity index (χ0n) is 16.3. The van der Waals surface area contributed by atoms with E-state index >= 15 is 0 Å². The molecule has 1 saturated heterocycles. The highest BCUT2D eigenvalue weighted by atomic mass is 19.3. The van der Waals surface area contributed by atoms with Crippen molar-refractivity contribution in [3.8, 4) is 0 Å². The van der Waals surface area contributed by atoms with Crippen molar-refractivity contribution in [1.29, 1.82) is 0 Å². The van der Waals surface area contributed by atoms with E-state index in [9.17, 15) is 28.8 Å². The van der Waals surface area contributed by atoms with Crippen molar-refractivity contribution in [2.75, 3.05) is 18.0 Å². The van der Waals surface area contributed by atoms with Gasteiger partial charge >= 0.3 is 11.7 Å². The summed E-state index contributed by atoms with van der Waals surface area (Å²) in [4.78, 5) is 28.1. The van der Waals surface area contributed by atoms with E-state index in [0.717, 1.165) is 25.3 Å². The molecule has 2 aliphatic rings. The average Bonchev–Trinajstić information content (AvgIpc) is 3.21. The maximum atomic E-state index is 14.1. The zero-order valence-corrected chi connectivity index (χ0v) is 16.3. The third-order valence-corrected chi connectivity index (χ3v) is 6.49. The van der Waals surface area contributed by atoms with Crippen LogP contribution in [0.15, 0.2) is 42.6 Å². The first-order valence-electron chi connectivity index (χ1n) is 9.73. The molecule has 1 aliphatic heterocycles. The number of carboxylic acids is 1. The van der Waals surface area contributed by atoms with Gasteiger partial charge in [0.2, 0.25) is 5.82 Å². The van der Waals surface area contributed by atoms with Crippen LogP contribution in [0.25, 0.3) is 0 Å². The zero-order chi connectivity index (χ0) is 21.7. The number of carbonyl (C=O) groups is 1. The predicted octanol–water partition coefficient (Wildman–Crippen LogP) is 4.20. The summed E-state index contributed by atoms with van der Waals surface area (Å²) in [6.45, 7) is 2.28. The van der Waals surface area contributed by atoms with Crippen molar-refractivity contribution in [3.63, 3.8) is 0 Å². The standard InChI is InChI=1S/C21H21F2N3O4/c1-20(19(27)28)17(21(20,22)23)15-6-4-13(5-7-15)14-8-11-25(12-9-14)18-16(26(29)30)3-2-10-24-18/h2-7,10,14,17H,8-9,11-12H2,1H3,(H,27,28). The molecule has 2 atom stereocenters. The van der Waals surface area contributed by atoms with Crippen LogP contribution in [0.2, 0.25) is 0 Å². The molecule has 2 aromatic rings. The van der Waals surface area contributed by atoms with Crippen molar-refractivity contribution in [3.05, 3.63) is 63.8 Å². The van der Waals surface area contributed by atoms with E-state index in [-0.39, 0.29) is 11.6 Å². The molecular weight excluding hydrogens is 396 g/mol. The normalized spacial score (nSPS) is 25.7. The molecule has 0 spiro atoms. The first kappa shape index (κ1) is 20.2. The SMILES string of the molecule is CC1(C(=O)O)C(c2ccc(C3CCN(c4ncccc4[N+](=O)[O-])CC3)cc2)C1(F)F. The van der Waals surface area contributed by atoms with Gasteiger partial charge < -0.3 is 10.0 Å². The number of halogens is 2. The third-order valence-electron chi connectivity index (χ3n) is 6.49. The minimum Gasteiger partial charge on any atom is -0.481 e. The van der Waals surface area contributed by atoms with Gasteiger partial charge in [0, 0.05) is 25.4 Å². The molecule has 2 unspecified atom stereocenters. The van der Waals surface area contributed by atoms with Crippen LogP contribution in [0.5, 0.6) is 0 Å². The summed E-state index contributed by atoms with van der Waals surface area (Å²) in [6.07, 6.45) is 3.03. The van der Waals surface area contributed by atoms with Crippen molar-refractivity contribution >= 4 is 17.5 Å². The van der Waals surface area contributed by atoms with Crippen LogP contribution in [-0.2, 0) is 4.79 Å². The van der Waals surface area contributed by atoms with Gasteiger partial charge in [-0.2, -0.15) is 0 Å². The Morgan fingerprint density at radius 1 is 1.20 bits per heavy atom. The van der Waals surface area contributed by atoms with E-state index in [1.54, 1.807) is 24.3 Å². The van der Waals surface area contributed by atoms with Gasteiger partial charge in [-0.25, -0.2) is 13.8 Å². The molecule has 1 saturated carbocycles. The van der Waals surface area contributed by atoms with E-state index in [4.69, 9.17) is 0 Å². The minimum atomic E-state index is -3.26. The summed E-state index contributed by atoms with van der Waals surface area (Å²) in [5, 5.41) is 20.4. The second-order valence-corrected chi connectivity index (χ2v) is 8.09. The molecule has 9 heteroatoms. The molecule has 0 radical (unpaired) electrons. The molecule has 2 fully saturated rings. The Morgan fingerprint density at radius 2 is 1.80 bits per heavy atom. The molecule has 1 aromatic carbocycles. The van der Waals surface area contributed by atoms with E-state index in [1.807, 2.05) is 4.90 Å². The number of aliphatic carboxylic acids is 1. The van der Waals surface area contributed by atoms with E-state index in [2.05, 4.69) is 4.98 Å². The number of nitrogens with zero attached hydrogens (tertiary/aromatic N) is 3. The molecule has 1 aliphatic carbocycles. The van der Waals surface area contributed by atoms with Crippen LogP contribution < -0.4 is 4.90 Å². The number of piperidine rings is 1. The van der Waals surface area contributed by atoms with Crippen molar-refractivity contribution in [1.82, 2.24) is 4.98 Å². The Balaban J connectivity index is 1.44. The van der Waals surface area contributed by atoms with Gasteiger partial charge in [-0.15, -0.1) is 0 Å².